The lowest BCUT2D eigenvalue weighted by Gasteiger charge is -2.31. The molecule has 2 amide bonds. The maximum Gasteiger partial charge on any atom is 0.407 e. The minimum absolute atomic E-state index is 0.0982. The standard InChI is InChI=1S/C20H20BrClN2O4/c21-15-7-3-13(4-8-15)20(28,14-5-9-16(22)10-6-14)12-23-18(25)17-2-1-11-24(17)19(26)27/h3-10,17,28H,1-2,11-12H2,(H,23,25)(H,26,27)/t17-,20?/m0/s1. The van der Waals surface area contributed by atoms with Crippen LogP contribution in [-0.4, -0.2) is 46.2 Å². The van der Waals surface area contributed by atoms with Crippen molar-refractivity contribution < 1.29 is 19.8 Å². The Balaban J connectivity index is 1.85. The lowest BCUT2D eigenvalue weighted by molar-refractivity contribution is -0.126. The number of carbonyl (C=O) groups excluding carboxylic acids is 1. The molecule has 3 N–H and O–H groups in total. The Kier molecular flexibility index (Phi) is 6.27. The molecular formula is C20H20BrClN2O4. The van der Waals surface area contributed by atoms with E-state index in [-0.39, 0.29) is 6.54 Å². The van der Waals surface area contributed by atoms with Crippen LogP contribution in [0.5, 0.6) is 0 Å². The quantitative estimate of drug-likeness (QED) is 0.627. The number of nitrogens with one attached hydrogen (secondary N) is 1. The fourth-order valence-electron chi connectivity index (χ4n) is 3.42. The van der Waals surface area contributed by atoms with Crippen molar-refractivity contribution in [3.8, 4) is 0 Å². The predicted molar refractivity (Wildman–Crippen MR) is 109 cm³/mol. The number of carbonyl (C=O) groups is 2. The van der Waals surface area contributed by atoms with Crippen LogP contribution in [0.15, 0.2) is 53.0 Å². The van der Waals surface area contributed by atoms with E-state index in [9.17, 15) is 19.8 Å². The second-order valence-electron chi connectivity index (χ2n) is 6.73. The summed E-state index contributed by atoms with van der Waals surface area (Å²) in [6.45, 7) is 0.237. The summed E-state index contributed by atoms with van der Waals surface area (Å²) in [5, 5.41) is 24.0. The smallest absolute Gasteiger partial charge is 0.407 e. The molecule has 1 aliphatic heterocycles. The van der Waals surface area contributed by atoms with Gasteiger partial charge in [-0.05, 0) is 48.2 Å². The molecule has 148 valence electrons. The molecule has 0 aromatic heterocycles. The molecule has 1 saturated heterocycles. The van der Waals surface area contributed by atoms with Crippen LogP contribution in [0.1, 0.15) is 24.0 Å². The van der Waals surface area contributed by atoms with Gasteiger partial charge in [-0.3, -0.25) is 9.69 Å². The van der Waals surface area contributed by atoms with E-state index < -0.39 is 23.6 Å². The maximum absolute atomic E-state index is 12.6. The summed E-state index contributed by atoms with van der Waals surface area (Å²) < 4.78 is 0.863. The zero-order valence-corrected chi connectivity index (χ0v) is 17.3. The van der Waals surface area contributed by atoms with Crippen LogP contribution in [0.3, 0.4) is 0 Å². The monoisotopic (exact) mass is 466 g/mol. The van der Waals surface area contributed by atoms with Crippen LogP contribution in [0.2, 0.25) is 5.02 Å². The molecule has 0 bridgehead atoms. The van der Waals surface area contributed by atoms with Crippen molar-refractivity contribution in [2.75, 3.05) is 13.1 Å². The number of carboxylic acid groups (broad SMARTS) is 1. The van der Waals surface area contributed by atoms with Gasteiger partial charge in [0, 0.05) is 16.0 Å². The van der Waals surface area contributed by atoms with Crippen molar-refractivity contribution >= 4 is 39.5 Å². The number of hydrogen-bond donors (Lipinski definition) is 3. The summed E-state index contributed by atoms with van der Waals surface area (Å²) in [5.74, 6) is -0.413. The molecule has 1 aliphatic rings. The maximum atomic E-state index is 12.6. The van der Waals surface area contributed by atoms with Crippen LogP contribution in [0, 0.1) is 0 Å². The lowest BCUT2D eigenvalue weighted by Crippen LogP contribution is -2.49. The molecule has 28 heavy (non-hydrogen) atoms. The molecule has 1 heterocycles. The molecular weight excluding hydrogens is 448 g/mol. The number of rotatable bonds is 5. The number of likely N-dealkylation sites (tertiary alicyclic amines) is 1. The first-order chi connectivity index (χ1) is 13.3. The van der Waals surface area contributed by atoms with Gasteiger partial charge in [0.1, 0.15) is 11.6 Å². The molecule has 1 fully saturated rings. The van der Waals surface area contributed by atoms with E-state index in [1.165, 1.54) is 0 Å². The first-order valence-electron chi connectivity index (χ1n) is 8.83. The summed E-state index contributed by atoms with van der Waals surface area (Å²) in [5.41, 5.74) is -0.325. The van der Waals surface area contributed by atoms with Crippen LogP contribution in [0.4, 0.5) is 4.79 Å². The Morgan fingerprint density at radius 3 is 2.29 bits per heavy atom. The molecule has 3 rings (SSSR count). The molecule has 2 aromatic rings. The van der Waals surface area contributed by atoms with Crippen LogP contribution < -0.4 is 5.32 Å². The lowest BCUT2D eigenvalue weighted by atomic mass is 9.86. The zero-order chi connectivity index (χ0) is 20.3. The number of halogens is 2. The van der Waals surface area contributed by atoms with Gasteiger partial charge < -0.3 is 15.5 Å². The van der Waals surface area contributed by atoms with Gasteiger partial charge in [0.25, 0.3) is 0 Å². The van der Waals surface area contributed by atoms with E-state index in [4.69, 9.17) is 11.6 Å². The average molecular weight is 468 g/mol. The van der Waals surface area contributed by atoms with Crippen molar-refractivity contribution in [2.24, 2.45) is 0 Å². The Hall–Kier alpha value is -2.09. The van der Waals surface area contributed by atoms with Crippen molar-refractivity contribution in [3.05, 3.63) is 69.2 Å². The Morgan fingerprint density at radius 1 is 1.14 bits per heavy atom. The third kappa shape index (κ3) is 4.32. The zero-order valence-electron chi connectivity index (χ0n) is 14.9. The first kappa shape index (κ1) is 20.6. The number of hydrogen-bond acceptors (Lipinski definition) is 3. The highest BCUT2D eigenvalue weighted by molar-refractivity contribution is 9.10. The highest BCUT2D eigenvalue weighted by atomic mass is 79.9. The molecule has 0 radical (unpaired) electrons. The number of amides is 2. The average Bonchev–Trinajstić information content (AvgIpc) is 3.17. The van der Waals surface area contributed by atoms with Crippen molar-refractivity contribution in [2.45, 2.75) is 24.5 Å². The van der Waals surface area contributed by atoms with Crippen LogP contribution >= 0.6 is 27.5 Å². The SMILES string of the molecule is O=C(NCC(O)(c1ccc(Cl)cc1)c1ccc(Br)cc1)[C@@H]1CCCN1C(=O)O. The second-order valence-corrected chi connectivity index (χ2v) is 8.08. The van der Waals surface area contributed by atoms with E-state index in [2.05, 4.69) is 21.2 Å². The van der Waals surface area contributed by atoms with Gasteiger partial charge in [0.2, 0.25) is 5.91 Å². The third-order valence-corrected chi connectivity index (χ3v) is 5.74. The van der Waals surface area contributed by atoms with E-state index in [0.29, 0.717) is 35.5 Å². The fourth-order valence-corrected chi connectivity index (χ4v) is 3.81. The minimum Gasteiger partial charge on any atom is -0.465 e. The number of aliphatic hydroxyl groups is 1. The molecule has 0 saturated carbocycles. The number of nitrogens with zero attached hydrogens (tertiary/aromatic N) is 1. The first-order valence-corrected chi connectivity index (χ1v) is 10.00. The van der Waals surface area contributed by atoms with Crippen molar-refractivity contribution in [1.82, 2.24) is 10.2 Å². The van der Waals surface area contributed by atoms with E-state index in [1.807, 2.05) is 0 Å². The van der Waals surface area contributed by atoms with Crippen LogP contribution in [0.25, 0.3) is 0 Å². The Bertz CT molecular complexity index is 812. The van der Waals surface area contributed by atoms with Crippen molar-refractivity contribution in [1.29, 1.82) is 0 Å². The number of benzene rings is 2. The molecule has 1 unspecified atom stereocenters. The van der Waals surface area contributed by atoms with Gasteiger partial charge in [-0.25, -0.2) is 4.79 Å². The Labute approximate surface area is 176 Å². The van der Waals surface area contributed by atoms with Crippen LogP contribution in [-0.2, 0) is 10.4 Å². The third-order valence-electron chi connectivity index (χ3n) is 4.96. The molecule has 6 nitrogen and oxygen atoms in total. The van der Waals surface area contributed by atoms with Gasteiger partial charge in [-0.2, -0.15) is 0 Å². The Morgan fingerprint density at radius 2 is 1.71 bits per heavy atom. The summed E-state index contributed by atoms with van der Waals surface area (Å²) in [6, 6.07) is 13.2. The van der Waals surface area contributed by atoms with Gasteiger partial charge in [0.05, 0.1) is 6.54 Å². The summed E-state index contributed by atoms with van der Waals surface area (Å²) >= 11 is 9.34. The minimum atomic E-state index is -1.49. The molecule has 0 spiro atoms. The predicted octanol–water partition coefficient (Wildman–Crippen LogP) is 3.60. The summed E-state index contributed by atoms with van der Waals surface area (Å²) in [4.78, 5) is 25.1. The van der Waals surface area contributed by atoms with Crippen molar-refractivity contribution in [3.63, 3.8) is 0 Å². The summed E-state index contributed by atoms with van der Waals surface area (Å²) in [6.07, 6.45) is -0.00698. The molecule has 2 aromatic carbocycles. The normalized spacial score (nSPS) is 18.5. The highest BCUT2D eigenvalue weighted by Crippen LogP contribution is 2.31. The fraction of sp³-hybridized carbons (Fsp3) is 0.300. The van der Waals surface area contributed by atoms with Gasteiger partial charge >= 0.3 is 6.09 Å². The van der Waals surface area contributed by atoms with Gasteiger partial charge in [0.15, 0.2) is 0 Å². The highest BCUT2D eigenvalue weighted by Gasteiger charge is 2.37. The second kappa shape index (κ2) is 8.51. The van der Waals surface area contributed by atoms with Gasteiger partial charge in [-0.15, -0.1) is 0 Å². The molecule has 2 atom stereocenters. The van der Waals surface area contributed by atoms with Gasteiger partial charge in [-0.1, -0.05) is 51.8 Å². The summed E-state index contributed by atoms with van der Waals surface area (Å²) in [7, 11) is 0. The molecule has 0 aliphatic carbocycles. The largest absolute Gasteiger partial charge is 0.465 e. The van der Waals surface area contributed by atoms with E-state index in [0.717, 1.165) is 9.37 Å². The topological polar surface area (TPSA) is 89.9 Å². The van der Waals surface area contributed by atoms with E-state index >= 15 is 0 Å². The van der Waals surface area contributed by atoms with E-state index in [1.54, 1.807) is 48.5 Å². The molecule has 8 heteroatoms.